The molecular formula is C15H20BrNO4. The molecule has 6 heteroatoms. The van der Waals surface area contributed by atoms with E-state index in [1.54, 1.807) is 13.2 Å². The zero-order valence-electron chi connectivity index (χ0n) is 12.0. The van der Waals surface area contributed by atoms with Crippen LogP contribution in [-0.4, -0.2) is 44.5 Å². The summed E-state index contributed by atoms with van der Waals surface area (Å²) in [4.78, 5) is 11.7. The molecule has 116 valence electrons. The molecule has 1 amide bonds. The molecule has 1 rings (SSSR count). The van der Waals surface area contributed by atoms with Crippen molar-refractivity contribution in [3.8, 4) is 5.75 Å². The van der Waals surface area contributed by atoms with Gasteiger partial charge >= 0.3 is 0 Å². The van der Waals surface area contributed by atoms with Gasteiger partial charge in [-0.05, 0) is 30.7 Å². The lowest BCUT2D eigenvalue weighted by atomic mass is 10.2. The third kappa shape index (κ3) is 7.27. The SMILES string of the molecule is COc1ccc(Br)cc1/C=C/C(=O)NCCCOCCO. The number of carbonyl (C=O) groups is 1. The van der Waals surface area contributed by atoms with Crippen LogP contribution >= 0.6 is 15.9 Å². The molecule has 21 heavy (non-hydrogen) atoms. The maximum Gasteiger partial charge on any atom is 0.244 e. The third-order valence-electron chi connectivity index (χ3n) is 2.61. The van der Waals surface area contributed by atoms with Crippen LogP contribution in [0.5, 0.6) is 5.75 Å². The molecule has 0 aliphatic heterocycles. The van der Waals surface area contributed by atoms with Gasteiger partial charge in [-0.3, -0.25) is 4.79 Å². The Morgan fingerprint density at radius 1 is 1.43 bits per heavy atom. The molecule has 0 bridgehead atoms. The van der Waals surface area contributed by atoms with Crippen LogP contribution in [0.2, 0.25) is 0 Å². The van der Waals surface area contributed by atoms with Crippen molar-refractivity contribution < 1.29 is 19.4 Å². The van der Waals surface area contributed by atoms with Crippen molar-refractivity contribution in [1.29, 1.82) is 0 Å². The van der Waals surface area contributed by atoms with Gasteiger partial charge in [0.05, 0.1) is 20.3 Å². The number of hydrogen-bond acceptors (Lipinski definition) is 4. The summed E-state index contributed by atoms with van der Waals surface area (Å²) in [5.41, 5.74) is 0.827. The van der Waals surface area contributed by atoms with E-state index in [1.807, 2.05) is 18.2 Å². The maximum atomic E-state index is 11.7. The molecule has 0 aliphatic carbocycles. The predicted octanol–water partition coefficient (Wildman–Crippen LogP) is 1.99. The number of hydrogen-bond donors (Lipinski definition) is 2. The molecule has 0 atom stereocenters. The molecule has 0 saturated carbocycles. The van der Waals surface area contributed by atoms with Crippen molar-refractivity contribution in [1.82, 2.24) is 5.32 Å². The lowest BCUT2D eigenvalue weighted by Crippen LogP contribution is -2.23. The molecule has 0 aromatic heterocycles. The summed E-state index contributed by atoms with van der Waals surface area (Å²) in [6.07, 6.45) is 3.89. The van der Waals surface area contributed by atoms with Crippen molar-refractivity contribution >= 4 is 27.9 Å². The van der Waals surface area contributed by atoms with E-state index in [1.165, 1.54) is 6.08 Å². The number of rotatable bonds is 9. The lowest BCUT2D eigenvalue weighted by molar-refractivity contribution is -0.116. The molecular weight excluding hydrogens is 338 g/mol. The van der Waals surface area contributed by atoms with Gasteiger partial charge in [0.2, 0.25) is 5.91 Å². The van der Waals surface area contributed by atoms with E-state index >= 15 is 0 Å². The van der Waals surface area contributed by atoms with Gasteiger partial charge in [-0.1, -0.05) is 15.9 Å². The molecule has 0 aliphatic rings. The standard InChI is InChI=1S/C15H20BrNO4/c1-20-14-5-4-13(16)11-12(14)3-6-15(19)17-7-2-9-21-10-8-18/h3-6,11,18H,2,7-10H2,1H3,(H,17,19)/b6-3+. The molecule has 0 heterocycles. The minimum Gasteiger partial charge on any atom is -0.496 e. The van der Waals surface area contributed by atoms with E-state index < -0.39 is 0 Å². The minimum atomic E-state index is -0.167. The summed E-state index contributed by atoms with van der Waals surface area (Å²) < 4.78 is 11.2. The highest BCUT2D eigenvalue weighted by atomic mass is 79.9. The van der Waals surface area contributed by atoms with Crippen LogP contribution in [0.15, 0.2) is 28.7 Å². The topological polar surface area (TPSA) is 67.8 Å². The van der Waals surface area contributed by atoms with E-state index in [0.29, 0.717) is 31.9 Å². The van der Waals surface area contributed by atoms with E-state index in [2.05, 4.69) is 21.2 Å². The smallest absolute Gasteiger partial charge is 0.244 e. The summed E-state index contributed by atoms with van der Waals surface area (Å²) in [6.45, 7) is 1.40. The van der Waals surface area contributed by atoms with Crippen LogP contribution < -0.4 is 10.1 Å². The molecule has 0 radical (unpaired) electrons. The molecule has 2 N–H and O–H groups in total. The Morgan fingerprint density at radius 3 is 2.95 bits per heavy atom. The molecule has 1 aromatic carbocycles. The second-order valence-corrected chi connectivity index (χ2v) is 5.12. The molecule has 1 aromatic rings. The van der Waals surface area contributed by atoms with Gasteiger partial charge in [0.25, 0.3) is 0 Å². The highest BCUT2D eigenvalue weighted by Gasteiger charge is 2.01. The lowest BCUT2D eigenvalue weighted by Gasteiger charge is -2.05. The minimum absolute atomic E-state index is 0.0174. The first-order valence-corrected chi connectivity index (χ1v) is 7.44. The number of carbonyl (C=O) groups excluding carboxylic acids is 1. The Balaban J connectivity index is 2.38. The Kier molecular flexibility index (Phi) is 8.73. The number of nitrogens with one attached hydrogen (secondary N) is 1. The van der Waals surface area contributed by atoms with Crippen LogP contribution in [0.25, 0.3) is 6.08 Å². The van der Waals surface area contributed by atoms with Crippen LogP contribution in [0.1, 0.15) is 12.0 Å². The van der Waals surface area contributed by atoms with Gasteiger partial charge in [-0.15, -0.1) is 0 Å². The monoisotopic (exact) mass is 357 g/mol. The quantitative estimate of drug-likeness (QED) is 0.523. The summed E-state index contributed by atoms with van der Waals surface area (Å²) in [6, 6.07) is 5.59. The number of aliphatic hydroxyl groups excluding tert-OH is 1. The number of amides is 1. The Bertz CT molecular complexity index is 477. The van der Waals surface area contributed by atoms with E-state index in [0.717, 1.165) is 10.0 Å². The van der Waals surface area contributed by atoms with E-state index in [9.17, 15) is 4.79 Å². The molecule has 0 saturated heterocycles. The first-order valence-electron chi connectivity index (χ1n) is 6.65. The second-order valence-electron chi connectivity index (χ2n) is 4.20. The van der Waals surface area contributed by atoms with Crippen LogP contribution in [0, 0.1) is 0 Å². The maximum absolute atomic E-state index is 11.7. The van der Waals surface area contributed by atoms with Gasteiger partial charge in [0.15, 0.2) is 0 Å². The van der Waals surface area contributed by atoms with Crippen LogP contribution in [-0.2, 0) is 9.53 Å². The second kappa shape index (κ2) is 10.4. The Labute approximate surface area is 133 Å². The summed E-state index contributed by atoms with van der Waals surface area (Å²) >= 11 is 3.38. The number of ether oxygens (including phenoxy) is 2. The van der Waals surface area contributed by atoms with Crippen molar-refractivity contribution in [2.75, 3.05) is 33.5 Å². The first kappa shape index (κ1) is 17.7. The normalized spacial score (nSPS) is 10.8. The molecule has 0 spiro atoms. The fraction of sp³-hybridized carbons (Fsp3) is 0.400. The van der Waals surface area contributed by atoms with Crippen LogP contribution in [0.4, 0.5) is 0 Å². The fourth-order valence-corrected chi connectivity index (χ4v) is 1.99. The fourth-order valence-electron chi connectivity index (χ4n) is 1.61. The van der Waals surface area contributed by atoms with E-state index in [-0.39, 0.29) is 12.5 Å². The van der Waals surface area contributed by atoms with Gasteiger partial charge in [-0.2, -0.15) is 0 Å². The number of benzene rings is 1. The number of halogens is 1. The average molecular weight is 358 g/mol. The first-order chi connectivity index (χ1) is 10.2. The van der Waals surface area contributed by atoms with Crippen LogP contribution in [0.3, 0.4) is 0 Å². The zero-order chi connectivity index (χ0) is 15.5. The van der Waals surface area contributed by atoms with Crippen molar-refractivity contribution in [3.05, 3.63) is 34.3 Å². The Morgan fingerprint density at radius 2 is 2.24 bits per heavy atom. The van der Waals surface area contributed by atoms with Gasteiger partial charge in [0, 0.05) is 29.3 Å². The largest absolute Gasteiger partial charge is 0.496 e. The highest BCUT2D eigenvalue weighted by Crippen LogP contribution is 2.23. The zero-order valence-corrected chi connectivity index (χ0v) is 13.6. The van der Waals surface area contributed by atoms with Gasteiger partial charge in [0.1, 0.15) is 5.75 Å². The summed E-state index contributed by atoms with van der Waals surface area (Å²) in [5, 5.41) is 11.3. The Hall–Kier alpha value is -1.37. The number of methoxy groups -OCH3 is 1. The van der Waals surface area contributed by atoms with Gasteiger partial charge in [-0.25, -0.2) is 0 Å². The molecule has 0 unspecified atom stereocenters. The third-order valence-corrected chi connectivity index (χ3v) is 3.10. The van der Waals surface area contributed by atoms with Gasteiger partial charge < -0.3 is 19.9 Å². The van der Waals surface area contributed by atoms with Crippen molar-refractivity contribution in [3.63, 3.8) is 0 Å². The summed E-state index contributed by atoms with van der Waals surface area (Å²) in [7, 11) is 1.59. The van der Waals surface area contributed by atoms with Crippen molar-refractivity contribution in [2.24, 2.45) is 0 Å². The summed E-state index contributed by atoms with van der Waals surface area (Å²) in [5.74, 6) is 0.541. The molecule has 5 nitrogen and oxygen atoms in total. The predicted molar refractivity (Wildman–Crippen MR) is 85.3 cm³/mol. The highest BCUT2D eigenvalue weighted by molar-refractivity contribution is 9.10. The average Bonchev–Trinajstić information content (AvgIpc) is 2.49. The molecule has 0 fully saturated rings. The number of aliphatic hydroxyl groups is 1. The van der Waals surface area contributed by atoms with E-state index in [4.69, 9.17) is 14.6 Å². The van der Waals surface area contributed by atoms with Crippen molar-refractivity contribution in [2.45, 2.75) is 6.42 Å².